The summed E-state index contributed by atoms with van der Waals surface area (Å²) in [5.74, 6) is 0. The third-order valence-corrected chi connectivity index (χ3v) is 18.1. The second kappa shape index (κ2) is 15.4. The normalized spacial score (nSPS) is 13.0. The van der Waals surface area contributed by atoms with Crippen LogP contribution in [0.3, 0.4) is 0 Å². The molecule has 1 aromatic heterocycles. The number of aryl methyl sites for hydroxylation is 1. The number of aromatic nitrogens is 1. The molecule has 2 aliphatic rings. The van der Waals surface area contributed by atoms with Crippen LogP contribution in [0, 0.1) is 6.92 Å². The summed E-state index contributed by atoms with van der Waals surface area (Å²) >= 11 is 0. The fraction of sp³-hybridized carbons (Fsp3) is 0.115. The topological polar surface area (TPSA) is 29.0 Å². The van der Waals surface area contributed by atoms with Crippen molar-refractivity contribution in [3.05, 3.63) is 234 Å². The van der Waals surface area contributed by atoms with E-state index in [1.54, 1.807) is 0 Å². The molecule has 0 saturated carbocycles. The molecule has 66 heavy (non-hydrogen) atoms. The van der Waals surface area contributed by atoms with Gasteiger partial charge >= 0.3 is 0 Å². The zero-order valence-electron chi connectivity index (χ0n) is 38.2. The summed E-state index contributed by atoms with van der Waals surface area (Å²) in [7, 11) is -1.78. The van der Waals surface area contributed by atoms with Crippen LogP contribution in [0.1, 0.15) is 55.5 Å². The number of hydrogen-bond acceptors (Lipinski definition) is 2. The number of rotatable bonds is 8. The summed E-state index contributed by atoms with van der Waals surface area (Å²) in [6.07, 6.45) is 0. The lowest BCUT2D eigenvalue weighted by atomic mass is 9.33. The van der Waals surface area contributed by atoms with Gasteiger partial charge in [0, 0.05) is 44.4 Å². The summed E-state index contributed by atoms with van der Waals surface area (Å²) in [6.45, 7) is 11.7. The van der Waals surface area contributed by atoms with Crippen LogP contribution in [0.4, 0.5) is 22.7 Å². The predicted molar refractivity (Wildman–Crippen MR) is 286 cm³/mol. The van der Waals surface area contributed by atoms with Gasteiger partial charge in [0.1, 0.15) is 8.80 Å². The molecule has 3 nitrogen and oxygen atoms in total. The largest absolute Gasteiger partial charge is 0.356 e. The highest BCUT2D eigenvalue weighted by molar-refractivity contribution is 7.01. The molecular formula is C61H52BN3Si. The standard InChI is InChI=1S/C61H52BN3Si/c1-40-26-30-53-51(34-40)62-52-39-48(66(46-22-14-8-15-23-46)47-24-16-9-17-25-47)29-31-54(52)64-56-38-45(37-55(63-53)59(56)62)65-57-32-27-43(60(2,3)41-18-10-6-11-19-41)35-49(57)50-36-44(28-33-58(50)65)61(4,5)42-20-12-7-13-21-42/h6-39,63-64,66H,1-5H3. The van der Waals surface area contributed by atoms with Gasteiger partial charge in [-0.1, -0.05) is 207 Å². The molecule has 9 aromatic carbocycles. The number of anilines is 4. The average molecular weight is 866 g/mol. The van der Waals surface area contributed by atoms with E-state index in [2.05, 4.69) is 256 Å². The van der Waals surface area contributed by atoms with Gasteiger partial charge in [0.2, 0.25) is 0 Å². The molecule has 0 radical (unpaired) electrons. The van der Waals surface area contributed by atoms with E-state index in [1.165, 1.54) is 92.9 Å². The fourth-order valence-corrected chi connectivity index (χ4v) is 14.2. The third kappa shape index (κ3) is 6.47. The van der Waals surface area contributed by atoms with E-state index >= 15 is 0 Å². The van der Waals surface area contributed by atoms with E-state index in [4.69, 9.17) is 0 Å². The molecule has 318 valence electrons. The highest BCUT2D eigenvalue weighted by Crippen LogP contribution is 2.42. The maximum Gasteiger partial charge on any atom is 0.252 e. The van der Waals surface area contributed by atoms with Crippen LogP contribution in [0.5, 0.6) is 0 Å². The first kappa shape index (κ1) is 40.2. The summed E-state index contributed by atoms with van der Waals surface area (Å²) < 4.78 is 2.50. The Labute approximate surface area is 390 Å². The molecule has 0 spiro atoms. The highest BCUT2D eigenvalue weighted by Gasteiger charge is 2.39. The lowest BCUT2D eigenvalue weighted by molar-refractivity contribution is 0.641. The Morgan fingerprint density at radius 3 is 1.36 bits per heavy atom. The van der Waals surface area contributed by atoms with Gasteiger partial charge in [0.05, 0.1) is 16.7 Å². The molecule has 2 N–H and O–H groups in total. The first-order valence-electron chi connectivity index (χ1n) is 23.4. The van der Waals surface area contributed by atoms with Gasteiger partial charge in [-0.25, -0.2) is 0 Å². The van der Waals surface area contributed by atoms with Gasteiger partial charge in [-0.15, -0.1) is 0 Å². The Morgan fingerprint density at radius 1 is 0.409 bits per heavy atom. The van der Waals surface area contributed by atoms with E-state index < -0.39 is 8.80 Å². The van der Waals surface area contributed by atoms with Crippen LogP contribution in [0.25, 0.3) is 27.5 Å². The highest BCUT2D eigenvalue weighted by atomic mass is 28.3. The molecule has 5 heteroatoms. The van der Waals surface area contributed by atoms with Crippen molar-refractivity contribution in [2.75, 3.05) is 10.6 Å². The number of fused-ring (bicyclic) bond motifs is 7. The molecule has 0 aliphatic carbocycles. The minimum Gasteiger partial charge on any atom is -0.356 e. The van der Waals surface area contributed by atoms with Crippen molar-refractivity contribution in [2.24, 2.45) is 0 Å². The quantitative estimate of drug-likeness (QED) is 0.118. The predicted octanol–water partition coefficient (Wildman–Crippen LogP) is 10.6. The summed E-state index contributed by atoms with van der Waals surface area (Å²) in [6, 6.07) is 77.5. The smallest absolute Gasteiger partial charge is 0.252 e. The van der Waals surface area contributed by atoms with Gasteiger partial charge in [-0.2, -0.15) is 0 Å². The van der Waals surface area contributed by atoms with Crippen LogP contribution in [0.15, 0.2) is 206 Å². The van der Waals surface area contributed by atoms with Crippen LogP contribution in [0.2, 0.25) is 0 Å². The molecule has 0 unspecified atom stereocenters. The van der Waals surface area contributed by atoms with Crippen LogP contribution in [-0.2, 0) is 10.8 Å². The second-order valence-corrected chi connectivity index (χ2v) is 22.5. The van der Waals surface area contributed by atoms with Crippen LogP contribution < -0.4 is 42.6 Å². The molecular weight excluding hydrogens is 814 g/mol. The molecule has 0 atom stereocenters. The van der Waals surface area contributed by atoms with Crippen LogP contribution in [-0.4, -0.2) is 20.1 Å². The van der Waals surface area contributed by atoms with Gasteiger partial charge < -0.3 is 15.2 Å². The molecule has 12 rings (SSSR count). The number of hydrogen-bond donors (Lipinski definition) is 2. The lowest BCUT2D eigenvalue weighted by Gasteiger charge is -2.36. The summed E-state index contributed by atoms with van der Waals surface area (Å²) in [5.41, 5.74) is 18.2. The monoisotopic (exact) mass is 865 g/mol. The van der Waals surface area contributed by atoms with Crippen molar-refractivity contribution in [1.82, 2.24) is 4.57 Å². The average Bonchev–Trinajstić information content (AvgIpc) is 3.68. The van der Waals surface area contributed by atoms with Gasteiger partial charge in [-0.05, 0) is 94.1 Å². The Bertz CT molecular complexity index is 3320. The van der Waals surface area contributed by atoms with Crippen molar-refractivity contribution in [2.45, 2.75) is 45.4 Å². The maximum atomic E-state index is 4.03. The van der Waals surface area contributed by atoms with E-state index in [0.717, 1.165) is 17.1 Å². The fourth-order valence-electron chi connectivity index (χ4n) is 11.2. The zero-order chi connectivity index (χ0) is 44.7. The molecule has 10 aromatic rings. The van der Waals surface area contributed by atoms with Crippen LogP contribution >= 0.6 is 0 Å². The number of benzene rings is 9. The lowest BCUT2D eigenvalue weighted by Crippen LogP contribution is -2.61. The molecule has 0 fully saturated rings. The molecule has 0 bridgehead atoms. The minimum atomic E-state index is -1.78. The first-order valence-corrected chi connectivity index (χ1v) is 25.1. The Balaban J connectivity index is 1.05. The van der Waals surface area contributed by atoms with Gasteiger partial charge in [0.25, 0.3) is 6.71 Å². The SMILES string of the molecule is Cc1ccc2c(c1)B1c3cc([SiH](c4ccccc4)c4ccccc4)ccc3Nc3cc(-n4c5ccc(C(C)(C)c6ccccc6)cc5c5cc(C(C)(C)c6ccccc6)ccc54)cc(c31)N2. The second-order valence-electron chi connectivity index (χ2n) is 19.6. The van der Waals surface area contributed by atoms with Crippen molar-refractivity contribution in [1.29, 1.82) is 0 Å². The summed E-state index contributed by atoms with van der Waals surface area (Å²) in [5, 5.41) is 14.8. The number of nitrogens with zero attached hydrogens (tertiary/aromatic N) is 1. The first-order chi connectivity index (χ1) is 32.1. The van der Waals surface area contributed by atoms with E-state index in [-0.39, 0.29) is 17.5 Å². The summed E-state index contributed by atoms with van der Waals surface area (Å²) in [4.78, 5) is 0. The van der Waals surface area contributed by atoms with E-state index in [1.807, 2.05) is 0 Å². The van der Waals surface area contributed by atoms with Crippen molar-refractivity contribution in [3.63, 3.8) is 0 Å². The molecule has 0 saturated heterocycles. The van der Waals surface area contributed by atoms with E-state index in [0.29, 0.717) is 0 Å². The van der Waals surface area contributed by atoms with E-state index in [9.17, 15) is 0 Å². The molecule has 2 aliphatic heterocycles. The Hall–Kier alpha value is -7.34. The Morgan fingerprint density at radius 2 is 0.864 bits per heavy atom. The van der Waals surface area contributed by atoms with Crippen molar-refractivity contribution in [3.8, 4) is 5.69 Å². The number of nitrogens with one attached hydrogen (secondary N) is 2. The maximum absolute atomic E-state index is 4.03. The van der Waals surface area contributed by atoms with Gasteiger partial charge in [-0.3, -0.25) is 0 Å². The third-order valence-electron chi connectivity index (χ3n) is 15.0. The van der Waals surface area contributed by atoms with Gasteiger partial charge in [0.15, 0.2) is 0 Å². The van der Waals surface area contributed by atoms with Crippen molar-refractivity contribution >= 4 is 92.0 Å². The Kier molecular flexibility index (Phi) is 9.37. The minimum absolute atomic E-state index is 0.0706. The molecule has 3 heterocycles. The molecule has 0 amide bonds. The van der Waals surface area contributed by atoms with Crippen molar-refractivity contribution < 1.29 is 0 Å². The zero-order valence-corrected chi connectivity index (χ0v) is 39.4.